The van der Waals surface area contributed by atoms with E-state index < -0.39 is 0 Å². The second-order valence-electron chi connectivity index (χ2n) is 8.85. The van der Waals surface area contributed by atoms with Gasteiger partial charge in [-0.15, -0.1) is 0 Å². The van der Waals surface area contributed by atoms with Gasteiger partial charge in [0, 0.05) is 35.6 Å². The van der Waals surface area contributed by atoms with E-state index in [1.54, 1.807) is 24.5 Å². The third kappa shape index (κ3) is 6.60. The Labute approximate surface area is 195 Å². The van der Waals surface area contributed by atoms with E-state index in [0.717, 1.165) is 17.5 Å². The summed E-state index contributed by atoms with van der Waals surface area (Å²) in [5.41, 5.74) is 4.22. The first-order valence-electron chi connectivity index (χ1n) is 11.8. The Balaban J connectivity index is 1.65. The molecule has 1 amide bonds. The number of hydrogen-bond acceptors (Lipinski definition) is 4. The number of pyridine rings is 1. The molecule has 6 nitrogen and oxygen atoms in total. The molecule has 1 atom stereocenters. The molecule has 0 aliphatic carbocycles. The summed E-state index contributed by atoms with van der Waals surface area (Å²) in [6.07, 6.45) is 7.34. The highest BCUT2D eigenvalue weighted by Crippen LogP contribution is 2.23. The highest BCUT2D eigenvalue weighted by atomic mass is 16.1. The SMILES string of the molecule is CCCCc1ccc(C(NC(=O)CCc2c(C)nc(-c3ccncc3)[nH]c2=O)C(C)C)cc1. The number of nitrogens with one attached hydrogen (secondary N) is 2. The van der Waals surface area contributed by atoms with E-state index in [1.165, 1.54) is 18.4 Å². The number of carbonyl (C=O) groups is 1. The monoisotopic (exact) mass is 446 g/mol. The molecule has 2 heterocycles. The number of H-pyrrole nitrogens is 1. The van der Waals surface area contributed by atoms with Crippen LogP contribution in [0.3, 0.4) is 0 Å². The van der Waals surface area contributed by atoms with Gasteiger partial charge >= 0.3 is 0 Å². The summed E-state index contributed by atoms with van der Waals surface area (Å²) in [5, 5.41) is 3.16. The summed E-state index contributed by atoms with van der Waals surface area (Å²) >= 11 is 0. The fraction of sp³-hybridized carbons (Fsp3) is 0.407. The van der Waals surface area contributed by atoms with Crippen molar-refractivity contribution in [2.24, 2.45) is 5.92 Å². The minimum absolute atomic E-state index is 0.0655. The Bertz CT molecular complexity index is 1110. The van der Waals surface area contributed by atoms with E-state index in [4.69, 9.17) is 0 Å². The zero-order valence-electron chi connectivity index (χ0n) is 20.0. The van der Waals surface area contributed by atoms with E-state index in [9.17, 15) is 9.59 Å². The van der Waals surface area contributed by atoms with Crippen molar-refractivity contribution in [3.05, 3.63) is 81.5 Å². The summed E-state index contributed by atoms with van der Waals surface area (Å²) in [6, 6.07) is 12.1. The van der Waals surface area contributed by atoms with Crippen molar-refractivity contribution >= 4 is 5.91 Å². The normalized spacial score (nSPS) is 12.0. The van der Waals surface area contributed by atoms with Crippen LogP contribution in [0.1, 0.15) is 68.5 Å². The average Bonchev–Trinajstić information content (AvgIpc) is 2.81. The number of hydrogen-bond donors (Lipinski definition) is 2. The minimum atomic E-state index is -0.204. The predicted octanol–water partition coefficient (Wildman–Crippen LogP) is 4.93. The highest BCUT2D eigenvalue weighted by molar-refractivity contribution is 5.76. The van der Waals surface area contributed by atoms with E-state index in [-0.39, 0.29) is 29.8 Å². The molecule has 0 fully saturated rings. The zero-order valence-corrected chi connectivity index (χ0v) is 20.0. The molecule has 174 valence electrons. The van der Waals surface area contributed by atoms with Crippen LogP contribution in [0.15, 0.2) is 53.6 Å². The van der Waals surface area contributed by atoms with Crippen molar-refractivity contribution in [2.45, 2.75) is 65.8 Å². The number of rotatable bonds is 10. The molecule has 0 saturated heterocycles. The molecule has 0 bridgehead atoms. The molecular weight excluding hydrogens is 412 g/mol. The molecule has 1 unspecified atom stereocenters. The molecule has 0 radical (unpaired) electrons. The van der Waals surface area contributed by atoms with Gasteiger partial charge in [-0.1, -0.05) is 51.5 Å². The van der Waals surface area contributed by atoms with E-state index >= 15 is 0 Å². The fourth-order valence-corrected chi connectivity index (χ4v) is 3.94. The lowest BCUT2D eigenvalue weighted by atomic mass is 9.94. The molecule has 0 aliphatic rings. The van der Waals surface area contributed by atoms with Gasteiger partial charge in [-0.05, 0) is 55.4 Å². The molecule has 33 heavy (non-hydrogen) atoms. The van der Waals surface area contributed by atoms with Crippen LogP contribution in [0.2, 0.25) is 0 Å². The second-order valence-corrected chi connectivity index (χ2v) is 8.85. The maximum absolute atomic E-state index is 12.8. The molecule has 0 aliphatic heterocycles. The number of unbranched alkanes of at least 4 members (excludes halogenated alkanes) is 1. The number of aromatic amines is 1. The lowest BCUT2D eigenvalue weighted by Crippen LogP contribution is -2.32. The molecule has 0 spiro atoms. The maximum atomic E-state index is 12.8. The van der Waals surface area contributed by atoms with Crippen LogP contribution in [0.25, 0.3) is 11.4 Å². The molecule has 1 aromatic carbocycles. The summed E-state index contributed by atoms with van der Waals surface area (Å²) in [7, 11) is 0. The Morgan fingerprint density at radius 1 is 1.06 bits per heavy atom. The van der Waals surface area contributed by atoms with Gasteiger partial charge in [0.1, 0.15) is 5.82 Å². The van der Waals surface area contributed by atoms with Gasteiger partial charge in [-0.3, -0.25) is 14.6 Å². The molecule has 2 N–H and O–H groups in total. The number of carbonyl (C=O) groups excluding carboxylic acids is 1. The van der Waals surface area contributed by atoms with Crippen LogP contribution >= 0.6 is 0 Å². The van der Waals surface area contributed by atoms with Crippen LogP contribution in [-0.2, 0) is 17.6 Å². The van der Waals surface area contributed by atoms with Crippen LogP contribution in [0, 0.1) is 12.8 Å². The summed E-state index contributed by atoms with van der Waals surface area (Å²) in [6.45, 7) is 8.21. The van der Waals surface area contributed by atoms with Gasteiger partial charge in [0.05, 0.1) is 6.04 Å². The predicted molar refractivity (Wildman–Crippen MR) is 132 cm³/mol. The quantitative estimate of drug-likeness (QED) is 0.462. The van der Waals surface area contributed by atoms with E-state index in [2.05, 4.69) is 65.3 Å². The van der Waals surface area contributed by atoms with Gasteiger partial charge in [-0.2, -0.15) is 0 Å². The summed E-state index contributed by atoms with van der Waals surface area (Å²) in [4.78, 5) is 36.8. The summed E-state index contributed by atoms with van der Waals surface area (Å²) in [5.74, 6) is 0.693. The van der Waals surface area contributed by atoms with Crippen molar-refractivity contribution < 1.29 is 4.79 Å². The highest BCUT2D eigenvalue weighted by Gasteiger charge is 2.19. The van der Waals surface area contributed by atoms with Crippen molar-refractivity contribution in [2.75, 3.05) is 0 Å². The smallest absolute Gasteiger partial charge is 0.254 e. The largest absolute Gasteiger partial charge is 0.349 e. The van der Waals surface area contributed by atoms with Crippen molar-refractivity contribution in [3.63, 3.8) is 0 Å². The number of amides is 1. The number of aryl methyl sites for hydroxylation is 2. The Hall–Kier alpha value is -3.28. The Morgan fingerprint density at radius 3 is 2.36 bits per heavy atom. The standard InChI is InChI=1S/C27H34N4O2/c1-5-6-7-20-8-10-21(11-9-20)25(18(2)3)30-24(32)13-12-23-19(4)29-26(31-27(23)33)22-14-16-28-17-15-22/h8-11,14-18,25H,5-7,12-13H2,1-4H3,(H,30,32)(H,29,31,33). The molecule has 2 aromatic heterocycles. The number of benzene rings is 1. The van der Waals surface area contributed by atoms with E-state index in [1.807, 2.05) is 6.92 Å². The first kappa shape index (κ1) is 24.4. The first-order chi connectivity index (χ1) is 15.9. The van der Waals surface area contributed by atoms with Gasteiger partial charge in [0.15, 0.2) is 0 Å². The van der Waals surface area contributed by atoms with E-state index in [0.29, 0.717) is 23.5 Å². The topological polar surface area (TPSA) is 87.7 Å². The van der Waals surface area contributed by atoms with Crippen molar-refractivity contribution in [1.82, 2.24) is 20.3 Å². The van der Waals surface area contributed by atoms with Crippen molar-refractivity contribution in [1.29, 1.82) is 0 Å². The lowest BCUT2D eigenvalue weighted by molar-refractivity contribution is -0.122. The third-order valence-electron chi connectivity index (χ3n) is 5.92. The van der Waals surface area contributed by atoms with Crippen LogP contribution in [-0.4, -0.2) is 20.9 Å². The average molecular weight is 447 g/mol. The molecule has 0 saturated carbocycles. The minimum Gasteiger partial charge on any atom is -0.349 e. The maximum Gasteiger partial charge on any atom is 0.254 e. The molecular formula is C27H34N4O2. The van der Waals surface area contributed by atoms with Crippen LogP contribution in [0.5, 0.6) is 0 Å². The number of aromatic nitrogens is 3. The first-order valence-corrected chi connectivity index (χ1v) is 11.8. The lowest BCUT2D eigenvalue weighted by Gasteiger charge is -2.23. The Kier molecular flexibility index (Phi) is 8.52. The molecule has 3 rings (SSSR count). The second kappa shape index (κ2) is 11.5. The summed E-state index contributed by atoms with van der Waals surface area (Å²) < 4.78 is 0. The van der Waals surface area contributed by atoms with Gasteiger partial charge in [-0.25, -0.2) is 4.98 Å². The molecule has 3 aromatic rings. The molecule has 6 heteroatoms. The Morgan fingerprint density at radius 2 is 1.76 bits per heavy atom. The van der Waals surface area contributed by atoms with Gasteiger partial charge < -0.3 is 10.3 Å². The van der Waals surface area contributed by atoms with Gasteiger partial charge in [0.2, 0.25) is 5.91 Å². The van der Waals surface area contributed by atoms with Crippen LogP contribution < -0.4 is 10.9 Å². The zero-order chi connectivity index (χ0) is 23.8. The fourth-order valence-electron chi connectivity index (χ4n) is 3.94. The third-order valence-corrected chi connectivity index (χ3v) is 5.92. The number of nitrogens with zero attached hydrogens (tertiary/aromatic N) is 2. The van der Waals surface area contributed by atoms with Gasteiger partial charge in [0.25, 0.3) is 5.56 Å². The van der Waals surface area contributed by atoms with Crippen LogP contribution in [0.4, 0.5) is 0 Å². The van der Waals surface area contributed by atoms with Crippen molar-refractivity contribution in [3.8, 4) is 11.4 Å².